The quantitative estimate of drug-likeness (QED) is 0.721. The second-order valence-electron chi connectivity index (χ2n) is 5.72. The molecule has 0 atom stereocenters. The normalized spacial score (nSPS) is 18.9. The van der Waals surface area contributed by atoms with Gasteiger partial charge in [0.05, 0.1) is 6.61 Å². The number of aliphatic hydroxyl groups is 1. The van der Waals surface area contributed by atoms with Gasteiger partial charge in [0.2, 0.25) is 0 Å². The van der Waals surface area contributed by atoms with Crippen LogP contribution < -0.4 is 0 Å². The van der Waals surface area contributed by atoms with Crippen LogP contribution in [0.4, 0.5) is 0 Å². The minimum atomic E-state index is -1.08. The van der Waals surface area contributed by atoms with Crippen LogP contribution in [-0.2, 0) is 0 Å². The van der Waals surface area contributed by atoms with Crippen LogP contribution in [0, 0.1) is 0 Å². The van der Waals surface area contributed by atoms with Gasteiger partial charge in [-0.15, -0.1) is 0 Å². The Morgan fingerprint density at radius 1 is 1.40 bits per heavy atom. The molecule has 0 spiro atoms. The Morgan fingerprint density at radius 3 is 2.60 bits per heavy atom. The third-order valence-electron chi connectivity index (χ3n) is 2.68. The van der Waals surface area contributed by atoms with Gasteiger partial charge in [-0.3, -0.25) is 0 Å². The van der Waals surface area contributed by atoms with Gasteiger partial charge in [0, 0.05) is 8.07 Å². The number of hydrogen-bond donors (Lipinski definition) is 1. The van der Waals surface area contributed by atoms with Crippen molar-refractivity contribution in [2.24, 2.45) is 0 Å². The molecular weight excluding hydrogens is 200 g/mol. The summed E-state index contributed by atoms with van der Waals surface area (Å²) in [7, 11) is -1.08. The Balaban J connectivity index is 2.64. The molecule has 86 valence electrons. The molecule has 0 unspecified atom stereocenters. The lowest BCUT2D eigenvalue weighted by molar-refractivity contribution is 0.331. The van der Waals surface area contributed by atoms with Crippen molar-refractivity contribution in [2.75, 3.05) is 6.61 Å². The van der Waals surface area contributed by atoms with Gasteiger partial charge < -0.3 is 5.11 Å². The molecule has 0 radical (unpaired) electrons. The second kappa shape index (κ2) is 5.66. The standard InChI is InChI=1S/C13H24OSi/c1-15(2,3)11-13(10-14)9-12-7-5-4-6-8-12/h7,9,14H,4-6,8,10-11H2,1-3H3/b13-9+. The Labute approximate surface area is 94.9 Å². The summed E-state index contributed by atoms with van der Waals surface area (Å²) < 4.78 is 0. The molecule has 1 aliphatic carbocycles. The number of rotatable bonds is 4. The number of hydrogen-bond acceptors (Lipinski definition) is 1. The summed E-state index contributed by atoms with van der Waals surface area (Å²) in [6.07, 6.45) is 9.65. The Morgan fingerprint density at radius 2 is 2.13 bits per heavy atom. The fourth-order valence-electron chi connectivity index (χ4n) is 2.09. The van der Waals surface area contributed by atoms with Crippen LogP contribution in [-0.4, -0.2) is 19.8 Å². The predicted octanol–water partition coefficient (Wildman–Crippen LogP) is 3.74. The molecule has 0 aromatic rings. The summed E-state index contributed by atoms with van der Waals surface area (Å²) in [5, 5.41) is 9.35. The van der Waals surface area contributed by atoms with Gasteiger partial charge in [0.15, 0.2) is 0 Å². The average molecular weight is 224 g/mol. The fraction of sp³-hybridized carbons (Fsp3) is 0.692. The lowest BCUT2D eigenvalue weighted by Gasteiger charge is -2.18. The second-order valence-corrected chi connectivity index (χ2v) is 11.2. The Bertz CT molecular complexity index is 258. The average Bonchev–Trinajstić information content (AvgIpc) is 2.16. The highest BCUT2D eigenvalue weighted by atomic mass is 28.3. The van der Waals surface area contributed by atoms with Crippen LogP contribution in [0.5, 0.6) is 0 Å². The summed E-state index contributed by atoms with van der Waals surface area (Å²) in [6.45, 7) is 7.30. The molecule has 1 aliphatic rings. The topological polar surface area (TPSA) is 20.2 Å². The van der Waals surface area contributed by atoms with Gasteiger partial charge >= 0.3 is 0 Å². The Hall–Kier alpha value is -0.343. The van der Waals surface area contributed by atoms with Gasteiger partial charge in [-0.25, -0.2) is 0 Å². The smallest absolute Gasteiger partial charge is 0.0642 e. The lowest BCUT2D eigenvalue weighted by Crippen LogP contribution is -2.21. The van der Waals surface area contributed by atoms with Crippen LogP contribution in [0.15, 0.2) is 23.3 Å². The van der Waals surface area contributed by atoms with E-state index < -0.39 is 8.07 Å². The first-order valence-electron chi connectivity index (χ1n) is 6.00. The summed E-state index contributed by atoms with van der Waals surface area (Å²) >= 11 is 0. The highest BCUT2D eigenvalue weighted by Crippen LogP contribution is 2.22. The van der Waals surface area contributed by atoms with E-state index in [1.54, 1.807) is 0 Å². The van der Waals surface area contributed by atoms with Crippen molar-refractivity contribution in [1.29, 1.82) is 0 Å². The molecule has 0 saturated heterocycles. The van der Waals surface area contributed by atoms with Crippen molar-refractivity contribution < 1.29 is 5.11 Å². The highest BCUT2D eigenvalue weighted by Gasteiger charge is 2.15. The minimum Gasteiger partial charge on any atom is -0.392 e. The third-order valence-corrected chi connectivity index (χ3v) is 4.19. The first-order valence-corrected chi connectivity index (χ1v) is 9.71. The van der Waals surface area contributed by atoms with Crippen LogP contribution in [0.3, 0.4) is 0 Å². The van der Waals surface area contributed by atoms with E-state index in [4.69, 9.17) is 0 Å². The zero-order chi connectivity index (χ0) is 11.3. The van der Waals surface area contributed by atoms with E-state index in [0.29, 0.717) is 0 Å². The molecule has 0 aliphatic heterocycles. The van der Waals surface area contributed by atoms with Crippen LogP contribution in [0.25, 0.3) is 0 Å². The van der Waals surface area contributed by atoms with E-state index in [2.05, 4.69) is 31.8 Å². The maximum absolute atomic E-state index is 9.35. The molecular formula is C13H24OSi. The maximum Gasteiger partial charge on any atom is 0.0642 e. The first kappa shape index (κ1) is 12.7. The van der Waals surface area contributed by atoms with Gasteiger partial charge in [-0.05, 0) is 37.3 Å². The molecule has 0 amide bonds. The van der Waals surface area contributed by atoms with Gasteiger partial charge in [-0.1, -0.05) is 37.4 Å². The van der Waals surface area contributed by atoms with Gasteiger partial charge in [0.25, 0.3) is 0 Å². The Kier molecular flexibility index (Phi) is 4.80. The third kappa shape index (κ3) is 5.33. The molecule has 0 fully saturated rings. The summed E-state index contributed by atoms with van der Waals surface area (Å²) in [5.74, 6) is 0. The van der Waals surface area contributed by atoms with Crippen LogP contribution in [0.1, 0.15) is 25.7 Å². The molecule has 1 N–H and O–H groups in total. The predicted molar refractivity (Wildman–Crippen MR) is 69.9 cm³/mol. The fourth-order valence-corrected chi connectivity index (χ4v) is 3.67. The first-order chi connectivity index (χ1) is 7.01. The van der Waals surface area contributed by atoms with Gasteiger partial charge in [-0.2, -0.15) is 0 Å². The molecule has 15 heavy (non-hydrogen) atoms. The number of aliphatic hydroxyl groups excluding tert-OH is 1. The van der Waals surface area contributed by atoms with E-state index in [9.17, 15) is 5.11 Å². The summed E-state index contributed by atoms with van der Waals surface area (Å²) in [4.78, 5) is 0. The van der Waals surface area contributed by atoms with Crippen molar-refractivity contribution in [3.05, 3.63) is 23.3 Å². The monoisotopic (exact) mass is 224 g/mol. The van der Waals surface area contributed by atoms with E-state index in [-0.39, 0.29) is 6.61 Å². The molecule has 0 bridgehead atoms. The van der Waals surface area contributed by atoms with E-state index in [1.165, 1.54) is 36.8 Å². The molecule has 0 aromatic carbocycles. The van der Waals surface area contributed by atoms with Gasteiger partial charge in [0.1, 0.15) is 0 Å². The zero-order valence-corrected chi connectivity index (χ0v) is 11.3. The van der Waals surface area contributed by atoms with Crippen molar-refractivity contribution in [2.45, 2.75) is 51.4 Å². The van der Waals surface area contributed by atoms with E-state index >= 15 is 0 Å². The zero-order valence-electron chi connectivity index (χ0n) is 10.3. The van der Waals surface area contributed by atoms with Crippen LogP contribution in [0.2, 0.25) is 25.7 Å². The van der Waals surface area contributed by atoms with E-state index in [0.717, 1.165) is 6.04 Å². The summed E-state index contributed by atoms with van der Waals surface area (Å²) in [5.41, 5.74) is 2.69. The minimum absolute atomic E-state index is 0.238. The maximum atomic E-state index is 9.35. The lowest BCUT2D eigenvalue weighted by atomic mass is 9.98. The molecule has 0 heterocycles. The van der Waals surface area contributed by atoms with Crippen molar-refractivity contribution in [1.82, 2.24) is 0 Å². The molecule has 1 rings (SSSR count). The molecule has 0 saturated carbocycles. The van der Waals surface area contributed by atoms with Crippen molar-refractivity contribution in [3.8, 4) is 0 Å². The largest absolute Gasteiger partial charge is 0.392 e. The highest BCUT2D eigenvalue weighted by molar-refractivity contribution is 6.76. The van der Waals surface area contributed by atoms with Crippen molar-refractivity contribution in [3.63, 3.8) is 0 Å². The SMILES string of the molecule is C[Si](C)(C)C/C(=C/C1=CCCCC1)CO. The van der Waals surface area contributed by atoms with Crippen LogP contribution >= 0.6 is 0 Å². The van der Waals surface area contributed by atoms with E-state index in [1.807, 2.05) is 0 Å². The van der Waals surface area contributed by atoms with Crippen molar-refractivity contribution >= 4 is 8.07 Å². The number of allylic oxidation sites excluding steroid dienone is 3. The molecule has 2 heteroatoms. The molecule has 1 nitrogen and oxygen atoms in total. The molecule has 0 aromatic heterocycles. The summed E-state index contributed by atoms with van der Waals surface area (Å²) in [6, 6.07) is 1.13.